The van der Waals surface area contributed by atoms with Crippen molar-refractivity contribution in [3.63, 3.8) is 0 Å². The number of hydrogen-bond donors (Lipinski definition) is 1. The van der Waals surface area contributed by atoms with Gasteiger partial charge in [0.1, 0.15) is 6.10 Å². The summed E-state index contributed by atoms with van der Waals surface area (Å²) in [6.45, 7) is 8.51. The highest BCUT2D eigenvalue weighted by molar-refractivity contribution is 5.06. The van der Waals surface area contributed by atoms with Crippen molar-refractivity contribution in [3.05, 3.63) is 11.7 Å². The average Bonchev–Trinajstić information content (AvgIpc) is 2.77. The summed E-state index contributed by atoms with van der Waals surface area (Å²) in [6, 6.07) is 0. The van der Waals surface area contributed by atoms with Gasteiger partial charge in [-0.05, 0) is 24.2 Å². The molecule has 3 unspecified atom stereocenters. The SMILES string of the molecule is COC(c1noc(C2(N)CCCC(C)C2)n1)C(C)(C)C. The lowest BCUT2D eigenvalue weighted by molar-refractivity contribution is 0.00718. The monoisotopic (exact) mass is 281 g/mol. The predicted octanol–water partition coefficient (Wildman–Crippen LogP) is 3.17. The highest BCUT2D eigenvalue weighted by Crippen LogP contribution is 2.39. The van der Waals surface area contributed by atoms with E-state index in [4.69, 9.17) is 15.0 Å². The van der Waals surface area contributed by atoms with Crippen LogP contribution in [0.25, 0.3) is 0 Å². The molecule has 5 nitrogen and oxygen atoms in total. The van der Waals surface area contributed by atoms with Crippen molar-refractivity contribution in [1.29, 1.82) is 0 Å². The molecule has 0 spiro atoms. The zero-order valence-electron chi connectivity index (χ0n) is 13.3. The third-order valence-corrected chi connectivity index (χ3v) is 4.16. The molecule has 1 fully saturated rings. The molecule has 114 valence electrons. The Labute approximate surface area is 121 Å². The lowest BCUT2D eigenvalue weighted by atomic mass is 9.77. The van der Waals surface area contributed by atoms with Crippen molar-refractivity contribution in [2.45, 2.75) is 65.0 Å². The van der Waals surface area contributed by atoms with Crippen molar-refractivity contribution < 1.29 is 9.26 Å². The van der Waals surface area contributed by atoms with Gasteiger partial charge >= 0.3 is 0 Å². The van der Waals surface area contributed by atoms with Gasteiger partial charge in [0.2, 0.25) is 11.7 Å². The molecule has 2 N–H and O–H groups in total. The molecule has 1 aliphatic rings. The number of hydrogen-bond acceptors (Lipinski definition) is 5. The zero-order valence-corrected chi connectivity index (χ0v) is 13.3. The number of rotatable bonds is 3. The number of nitrogens with two attached hydrogens (primary N) is 1. The Morgan fingerprint density at radius 3 is 2.70 bits per heavy atom. The fourth-order valence-electron chi connectivity index (χ4n) is 3.18. The van der Waals surface area contributed by atoms with Crippen LogP contribution in [-0.2, 0) is 10.3 Å². The van der Waals surface area contributed by atoms with Crippen LogP contribution in [-0.4, -0.2) is 17.3 Å². The van der Waals surface area contributed by atoms with E-state index in [1.54, 1.807) is 7.11 Å². The van der Waals surface area contributed by atoms with E-state index in [1.807, 2.05) is 0 Å². The van der Waals surface area contributed by atoms with Crippen LogP contribution < -0.4 is 5.73 Å². The maximum absolute atomic E-state index is 6.50. The maximum atomic E-state index is 6.50. The van der Waals surface area contributed by atoms with Crippen molar-refractivity contribution in [3.8, 4) is 0 Å². The molecule has 5 heteroatoms. The molecule has 0 radical (unpaired) electrons. The molecule has 0 bridgehead atoms. The van der Waals surface area contributed by atoms with E-state index in [9.17, 15) is 0 Å². The Kier molecular flexibility index (Phi) is 4.21. The molecule has 2 rings (SSSR count). The van der Waals surface area contributed by atoms with Crippen LogP contribution in [0.3, 0.4) is 0 Å². The Morgan fingerprint density at radius 1 is 1.45 bits per heavy atom. The maximum Gasteiger partial charge on any atom is 0.246 e. The molecule has 0 saturated heterocycles. The molecule has 0 aliphatic heterocycles. The van der Waals surface area contributed by atoms with Gasteiger partial charge in [-0.15, -0.1) is 0 Å². The topological polar surface area (TPSA) is 74.2 Å². The summed E-state index contributed by atoms with van der Waals surface area (Å²) in [7, 11) is 1.67. The van der Waals surface area contributed by atoms with Gasteiger partial charge in [0.25, 0.3) is 0 Å². The average molecular weight is 281 g/mol. The predicted molar refractivity (Wildman–Crippen MR) is 77.0 cm³/mol. The lowest BCUT2D eigenvalue weighted by Crippen LogP contribution is -2.41. The first-order chi connectivity index (χ1) is 9.26. The normalized spacial score (nSPS) is 29.4. The summed E-state index contributed by atoms with van der Waals surface area (Å²) in [5.74, 6) is 1.76. The molecule has 1 aliphatic carbocycles. The Morgan fingerprint density at radius 2 is 2.15 bits per heavy atom. The molecular weight excluding hydrogens is 254 g/mol. The Hall–Kier alpha value is -0.940. The summed E-state index contributed by atoms with van der Waals surface area (Å²) in [4.78, 5) is 4.55. The van der Waals surface area contributed by atoms with Crippen LogP contribution in [0.5, 0.6) is 0 Å². The minimum atomic E-state index is -0.473. The highest BCUT2D eigenvalue weighted by Gasteiger charge is 2.39. The summed E-state index contributed by atoms with van der Waals surface area (Å²) >= 11 is 0. The molecular formula is C15H27N3O2. The lowest BCUT2D eigenvalue weighted by Gasteiger charge is -2.33. The molecule has 3 atom stereocenters. The third kappa shape index (κ3) is 3.04. The Balaban J connectivity index is 2.24. The van der Waals surface area contributed by atoms with Crippen LogP contribution >= 0.6 is 0 Å². The molecule has 1 aromatic rings. The first kappa shape index (κ1) is 15.4. The fraction of sp³-hybridized carbons (Fsp3) is 0.867. The quantitative estimate of drug-likeness (QED) is 0.921. The number of nitrogens with zero attached hydrogens (tertiary/aromatic N) is 2. The summed E-state index contributed by atoms with van der Waals surface area (Å²) in [5.41, 5.74) is 5.94. The molecule has 20 heavy (non-hydrogen) atoms. The second-order valence-electron chi connectivity index (χ2n) is 7.30. The smallest absolute Gasteiger partial charge is 0.246 e. The van der Waals surface area contributed by atoms with Gasteiger partial charge in [-0.1, -0.05) is 45.7 Å². The van der Waals surface area contributed by atoms with Gasteiger partial charge in [0.05, 0.1) is 5.54 Å². The molecule has 1 heterocycles. The number of ether oxygens (including phenoxy) is 1. The third-order valence-electron chi connectivity index (χ3n) is 4.16. The van der Waals surface area contributed by atoms with Gasteiger partial charge in [-0.2, -0.15) is 4.98 Å². The van der Waals surface area contributed by atoms with E-state index in [1.165, 1.54) is 6.42 Å². The van der Waals surface area contributed by atoms with Crippen LogP contribution in [0, 0.1) is 11.3 Å². The molecule has 1 aromatic heterocycles. The molecule has 1 saturated carbocycles. The van der Waals surface area contributed by atoms with Crippen molar-refractivity contribution in [2.75, 3.05) is 7.11 Å². The summed E-state index contributed by atoms with van der Waals surface area (Å²) in [5, 5.41) is 4.11. The zero-order chi connectivity index (χ0) is 15.0. The fourth-order valence-corrected chi connectivity index (χ4v) is 3.18. The van der Waals surface area contributed by atoms with Crippen LogP contribution in [0.15, 0.2) is 4.52 Å². The minimum Gasteiger partial charge on any atom is -0.373 e. The minimum absolute atomic E-state index is 0.0858. The van der Waals surface area contributed by atoms with Gasteiger partial charge in [0.15, 0.2) is 0 Å². The van der Waals surface area contributed by atoms with E-state index in [0.717, 1.165) is 19.3 Å². The van der Waals surface area contributed by atoms with Gasteiger partial charge in [0, 0.05) is 7.11 Å². The van der Waals surface area contributed by atoms with Gasteiger partial charge < -0.3 is 15.0 Å². The molecule has 0 amide bonds. The van der Waals surface area contributed by atoms with E-state index in [2.05, 4.69) is 37.8 Å². The van der Waals surface area contributed by atoms with Gasteiger partial charge in [-0.3, -0.25) is 0 Å². The van der Waals surface area contributed by atoms with Crippen molar-refractivity contribution in [2.24, 2.45) is 17.1 Å². The number of aromatic nitrogens is 2. The van der Waals surface area contributed by atoms with E-state index in [0.29, 0.717) is 17.6 Å². The standard InChI is InChI=1S/C15H27N3O2/c1-10-7-6-8-15(16,9-10)13-17-12(18-20-13)11(19-5)14(2,3)4/h10-11H,6-9,16H2,1-5H3. The second-order valence-corrected chi connectivity index (χ2v) is 7.30. The summed E-state index contributed by atoms with van der Waals surface area (Å²) in [6.07, 6.45) is 3.96. The number of methoxy groups -OCH3 is 1. The van der Waals surface area contributed by atoms with Gasteiger partial charge in [-0.25, -0.2) is 0 Å². The van der Waals surface area contributed by atoms with Crippen LogP contribution in [0.2, 0.25) is 0 Å². The van der Waals surface area contributed by atoms with Crippen molar-refractivity contribution >= 4 is 0 Å². The van der Waals surface area contributed by atoms with E-state index in [-0.39, 0.29) is 11.5 Å². The van der Waals surface area contributed by atoms with E-state index < -0.39 is 5.54 Å². The second kappa shape index (κ2) is 5.45. The highest BCUT2D eigenvalue weighted by atomic mass is 16.5. The Bertz CT molecular complexity index is 452. The summed E-state index contributed by atoms with van der Waals surface area (Å²) < 4.78 is 11.0. The van der Waals surface area contributed by atoms with Crippen molar-refractivity contribution in [1.82, 2.24) is 10.1 Å². The van der Waals surface area contributed by atoms with Crippen LogP contribution in [0.4, 0.5) is 0 Å². The first-order valence-corrected chi connectivity index (χ1v) is 7.42. The van der Waals surface area contributed by atoms with E-state index >= 15 is 0 Å². The first-order valence-electron chi connectivity index (χ1n) is 7.42. The van der Waals surface area contributed by atoms with Crippen LogP contribution in [0.1, 0.15) is 71.2 Å². The molecule has 0 aromatic carbocycles. The largest absolute Gasteiger partial charge is 0.373 e.